The average Bonchev–Trinajstić information content (AvgIpc) is 2.56. The molecule has 0 aliphatic rings. The summed E-state index contributed by atoms with van der Waals surface area (Å²) in [7, 11) is 0. The first kappa shape index (κ1) is 18.3. The molecule has 6 heteroatoms. The van der Waals surface area contributed by atoms with Gasteiger partial charge in [0.25, 0.3) is 5.69 Å². The highest BCUT2D eigenvalue weighted by atomic mass is 16.6. The highest BCUT2D eigenvalue weighted by molar-refractivity contribution is 6.01. The number of nitro groups is 1. The Labute approximate surface area is 145 Å². The number of aryl methyl sites for hydroxylation is 3. The van der Waals surface area contributed by atoms with Gasteiger partial charge in [0, 0.05) is 17.2 Å². The van der Waals surface area contributed by atoms with E-state index in [2.05, 4.69) is 0 Å². The molecule has 0 aromatic heterocycles. The Morgan fingerprint density at radius 1 is 0.960 bits per heavy atom. The summed E-state index contributed by atoms with van der Waals surface area (Å²) in [4.78, 5) is 35.0. The van der Waals surface area contributed by atoms with Gasteiger partial charge in [-0.15, -0.1) is 0 Å². The van der Waals surface area contributed by atoms with Crippen LogP contribution < -0.4 is 0 Å². The number of Topliss-reactive ketones (excluding diaryl/α,β-unsaturated/α-hetero) is 1. The fourth-order valence-corrected chi connectivity index (χ4v) is 2.34. The predicted octanol–water partition coefficient (Wildman–Crippen LogP) is 3.95. The monoisotopic (exact) mass is 341 g/mol. The van der Waals surface area contributed by atoms with Gasteiger partial charge in [0.05, 0.1) is 10.5 Å². The molecule has 0 fully saturated rings. The number of nitro benzene ring substituents is 1. The lowest BCUT2D eigenvalue weighted by molar-refractivity contribution is -0.385. The third-order valence-electron chi connectivity index (χ3n) is 4.09. The summed E-state index contributed by atoms with van der Waals surface area (Å²) >= 11 is 0. The van der Waals surface area contributed by atoms with Gasteiger partial charge in [-0.3, -0.25) is 14.9 Å². The zero-order valence-electron chi connectivity index (χ0n) is 14.5. The van der Waals surface area contributed by atoms with Gasteiger partial charge in [0.1, 0.15) is 0 Å². The van der Waals surface area contributed by atoms with Crippen LogP contribution in [0.2, 0.25) is 0 Å². The third kappa shape index (κ3) is 4.09. The summed E-state index contributed by atoms with van der Waals surface area (Å²) in [6.45, 7) is 6.91. The highest BCUT2D eigenvalue weighted by Gasteiger charge is 2.22. The maximum absolute atomic E-state index is 12.4. The van der Waals surface area contributed by atoms with Crippen molar-refractivity contribution in [1.82, 2.24) is 0 Å². The third-order valence-corrected chi connectivity index (χ3v) is 4.09. The van der Waals surface area contributed by atoms with Crippen LogP contribution in [-0.4, -0.2) is 22.8 Å². The van der Waals surface area contributed by atoms with Crippen molar-refractivity contribution in [3.8, 4) is 0 Å². The van der Waals surface area contributed by atoms with Crippen molar-refractivity contribution >= 4 is 17.4 Å². The molecule has 130 valence electrons. The van der Waals surface area contributed by atoms with Crippen LogP contribution in [0.25, 0.3) is 0 Å². The first-order valence-corrected chi connectivity index (χ1v) is 7.78. The molecule has 0 saturated carbocycles. The minimum atomic E-state index is -0.991. The molecular formula is C19H19NO5. The van der Waals surface area contributed by atoms with Crippen LogP contribution in [0.1, 0.15) is 44.3 Å². The fourth-order valence-electron chi connectivity index (χ4n) is 2.34. The summed E-state index contributed by atoms with van der Waals surface area (Å²) in [5.41, 5.74) is 2.81. The smallest absolute Gasteiger partial charge is 0.339 e. The van der Waals surface area contributed by atoms with E-state index in [1.54, 1.807) is 19.1 Å². The van der Waals surface area contributed by atoms with E-state index < -0.39 is 17.0 Å². The molecule has 0 amide bonds. The second-order valence-electron chi connectivity index (χ2n) is 5.97. The topological polar surface area (TPSA) is 86.5 Å². The molecule has 2 rings (SSSR count). The molecule has 0 aliphatic carbocycles. The second-order valence-corrected chi connectivity index (χ2v) is 5.97. The van der Waals surface area contributed by atoms with E-state index in [1.165, 1.54) is 19.1 Å². The first-order chi connectivity index (χ1) is 11.7. The highest BCUT2D eigenvalue weighted by Crippen LogP contribution is 2.20. The van der Waals surface area contributed by atoms with E-state index in [-0.39, 0.29) is 17.0 Å². The molecule has 2 aromatic rings. The number of carbonyl (C=O) groups is 2. The Morgan fingerprint density at radius 2 is 1.56 bits per heavy atom. The molecule has 0 saturated heterocycles. The van der Waals surface area contributed by atoms with E-state index in [1.807, 2.05) is 19.9 Å². The van der Waals surface area contributed by atoms with Gasteiger partial charge in [0.15, 0.2) is 6.10 Å². The molecular weight excluding hydrogens is 322 g/mol. The van der Waals surface area contributed by atoms with Crippen LogP contribution in [0, 0.1) is 30.9 Å². The van der Waals surface area contributed by atoms with Crippen LogP contribution in [0.15, 0.2) is 36.4 Å². The summed E-state index contributed by atoms with van der Waals surface area (Å²) < 4.78 is 5.19. The lowest BCUT2D eigenvalue weighted by Gasteiger charge is -2.13. The van der Waals surface area contributed by atoms with Crippen LogP contribution in [-0.2, 0) is 4.74 Å². The van der Waals surface area contributed by atoms with Crippen molar-refractivity contribution in [1.29, 1.82) is 0 Å². The van der Waals surface area contributed by atoms with Gasteiger partial charge in [0.2, 0.25) is 5.78 Å². The normalized spacial score (nSPS) is 11.7. The molecule has 0 unspecified atom stereocenters. The number of rotatable bonds is 5. The zero-order valence-corrected chi connectivity index (χ0v) is 14.5. The number of esters is 1. The van der Waals surface area contributed by atoms with Crippen molar-refractivity contribution in [2.45, 2.75) is 33.8 Å². The molecule has 0 heterocycles. The number of nitrogens with zero attached hydrogens (tertiary/aromatic N) is 1. The Bertz CT molecular complexity index is 857. The summed E-state index contributed by atoms with van der Waals surface area (Å²) in [6, 6.07) is 9.35. The molecule has 1 atom stereocenters. The standard InChI is InChI=1S/C19H19NO5/c1-11-5-7-15(9-13(11)3)18(21)14(4)25-19(22)16-8-6-12(2)17(10-16)20(23)24/h5-10,14H,1-4H3/t14-/m1/s1. The van der Waals surface area contributed by atoms with Crippen molar-refractivity contribution < 1.29 is 19.2 Å². The van der Waals surface area contributed by atoms with Crippen molar-refractivity contribution in [3.63, 3.8) is 0 Å². The number of hydrogen-bond donors (Lipinski definition) is 0. The minimum absolute atomic E-state index is 0.0389. The molecule has 0 spiro atoms. The molecule has 6 nitrogen and oxygen atoms in total. The first-order valence-electron chi connectivity index (χ1n) is 7.78. The number of benzene rings is 2. The van der Waals surface area contributed by atoms with Gasteiger partial charge in [-0.05, 0) is 51.0 Å². The van der Waals surface area contributed by atoms with Gasteiger partial charge in [-0.25, -0.2) is 4.79 Å². The molecule has 0 radical (unpaired) electrons. The Morgan fingerprint density at radius 3 is 2.16 bits per heavy atom. The summed E-state index contributed by atoms with van der Waals surface area (Å²) in [5, 5.41) is 11.0. The molecule has 0 bridgehead atoms. The van der Waals surface area contributed by atoms with Crippen molar-refractivity contribution in [2.75, 3.05) is 0 Å². The molecule has 0 N–H and O–H groups in total. The lowest BCUT2D eigenvalue weighted by atomic mass is 10.0. The number of hydrogen-bond acceptors (Lipinski definition) is 5. The van der Waals surface area contributed by atoms with Crippen LogP contribution in [0.5, 0.6) is 0 Å². The SMILES string of the molecule is Cc1ccc(C(=O)[C@@H](C)OC(=O)c2ccc(C)c([N+](=O)[O-])c2)cc1C. The van der Waals surface area contributed by atoms with E-state index in [4.69, 9.17) is 4.74 Å². The fraction of sp³-hybridized carbons (Fsp3) is 0.263. The second kappa shape index (κ2) is 7.25. The van der Waals surface area contributed by atoms with Crippen molar-refractivity contribution in [3.05, 3.63) is 74.3 Å². The van der Waals surface area contributed by atoms with E-state index in [0.29, 0.717) is 11.1 Å². The van der Waals surface area contributed by atoms with Gasteiger partial charge in [-0.1, -0.05) is 18.2 Å². The Hall–Kier alpha value is -3.02. The van der Waals surface area contributed by atoms with Crippen LogP contribution >= 0.6 is 0 Å². The average molecular weight is 341 g/mol. The summed E-state index contributed by atoms with van der Waals surface area (Å²) in [6.07, 6.45) is -0.991. The predicted molar refractivity (Wildman–Crippen MR) is 93.0 cm³/mol. The maximum atomic E-state index is 12.4. The Balaban J connectivity index is 2.16. The largest absolute Gasteiger partial charge is 0.451 e. The molecule has 2 aromatic carbocycles. The quantitative estimate of drug-likeness (QED) is 0.356. The van der Waals surface area contributed by atoms with Crippen LogP contribution in [0.3, 0.4) is 0 Å². The zero-order chi connectivity index (χ0) is 18.7. The van der Waals surface area contributed by atoms with E-state index in [9.17, 15) is 19.7 Å². The minimum Gasteiger partial charge on any atom is -0.451 e. The van der Waals surface area contributed by atoms with E-state index >= 15 is 0 Å². The number of ketones is 1. The Kier molecular flexibility index (Phi) is 5.32. The molecule has 25 heavy (non-hydrogen) atoms. The summed E-state index contributed by atoms with van der Waals surface area (Å²) in [5.74, 6) is -1.09. The lowest BCUT2D eigenvalue weighted by Crippen LogP contribution is -2.24. The number of ether oxygens (including phenoxy) is 1. The van der Waals surface area contributed by atoms with Gasteiger partial charge >= 0.3 is 5.97 Å². The van der Waals surface area contributed by atoms with Gasteiger partial charge in [-0.2, -0.15) is 0 Å². The van der Waals surface area contributed by atoms with Crippen LogP contribution in [0.4, 0.5) is 5.69 Å². The maximum Gasteiger partial charge on any atom is 0.339 e. The van der Waals surface area contributed by atoms with Gasteiger partial charge < -0.3 is 4.74 Å². The number of carbonyl (C=O) groups excluding carboxylic acids is 2. The van der Waals surface area contributed by atoms with Crippen molar-refractivity contribution in [2.24, 2.45) is 0 Å². The molecule has 0 aliphatic heterocycles. The van der Waals surface area contributed by atoms with E-state index in [0.717, 1.165) is 17.2 Å².